The standard InChI is InChI=1S/C15H24N4S/c1-5-11(4)19(7-3)10-13-17-14(16-6-2)12-8-9-20-15(12)18-13/h8-9,11H,5-7,10H2,1-4H3,(H,16,17,18). The van der Waals surface area contributed by atoms with E-state index in [2.05, 4.69) is 49.4 Å². The molecule has 1 unspecified atom stereocenters. The first kappa shape index (κ1) is 15.2. The van der Waals surface area contributed by atoms with E-state index in [9.17, 15) is 0 Å². The van der Waals surface area contributed by atoms with E-state index in [0.29, 0.717) is 6.04 Å². The van der Waals surface area contributed by atoms with Crippen LogP contribution in [0.2, 0.25) is 0 Å². The fourth-order valence-corrected chi connectivity index (χ4v) is 3.07. The average molecular weight is 292 g/mol. The zero-order valence-electron chi connectivity index (χ0n) is 12.8. The van der Waals surface area contributed by atoms with Crippen LogP contribution in [0.3, 0.4) is 0 Å². The summed E-state index contributed by atoms with van der Waals surface area (Å²) in [6, 6.07) is 2.65. The SMILES string of the molecule is CCNc1nc(CN(CC)C(C)CC)nc2sccc12. The van der Waals surface area contributed by atoms with E-state index in [4.69, 9.17) is 9.97 Å². The van der Waals surface area contributed by atoms with Crippen molar-refractivity contribution in [2.24, 2.45) is 0 Å². The van der Waals surface area contributed by atoms with Crippen molar-refractivity contribution in [2.45, 2.75) is 46.7 Å². The van der Waals surface area contributed by atoms with Gasteiger partial charge in [-0.2, -0.15) is 0 Å². The Hall–Kier alpha value is -1.20. The Morgan fingerprint density at radius 3 is 2.75 bits per heavy atom. The molecule has 0 saturated carbocycles. The minimum absolute atomic E-state index is 0.560. The number of fused-ring (bicyclic) bond motifs is 1. The summed E-state index contributed by atoms with van der Waals surface area (Å²) in [5.41, 5.74) is 0. The first-order chi connectivity index (χ1) is 9.69. The zero-order chi connectivity index (χ0) is 14.5. The van der Waals surface area contributed by atoms with Crippen molar-refractivity contribution in [3.8, 4) is 0 Å². The molecule has 20 heavy (non-hydrogen) atoms. The smallest absolute Gasteiger partial charge is 0.146 e. The van der Waals surface area contributed by atoms with Gasteiger partial charge in [0.05, 0.1) is 11.9 Å². The zero-order valence-corrected chi connectivity index (χ0v) is 13.6. The molecule has 0 aliphatic rings. The van der Waals surface area contributed by atoms with Gasteiger partial charge in [0, 0.05) is 12.6 Å². The van der Waals surface area contributed by atoms with E-state index in [1.54, 1.807) is 11.3 Å². The lowest BCUT2D eigenvalue weighted by molar-refractivity contribution is 0.201. The van der Waals surface area contributed by atoms with Crippen LogP contribution >= 0.6 is 11.3 Å². The van der Waals surface area contributed by atoms with Crippen LogP contribution < -0.4 is 5.32 Å². The Bertz CT molecular complexity index is 552. The van der Waals surface area contributed by atoms with Crippen molar-refractivity contribution in [3.05, 3.63) is 17.3 Å². The molecule has 2 aromatic heterocycles. The summed E-state index contributed by atoms with van der Waals surface area (Å²) >= 11 is 1.68. The second-order valence-corrected chi connectivity index (χ2v) is 5.87. The van der Waals surface area contributed by atoms with E-state index in [1.807, 2.05) is 0 Å². The summed E-state index contributed by atoms with van der Waals surface area (Å²) < 4.78 is 0. The van der Waals surface area contributed by atoms with Crippen LogP contribution in [-0.2, 0) is 6.54 Å². The maximum Gasteiger partial charge on any atom is 0.146 e. The van der Waals surface area contributed by atoms with Crippen LogP contribution in [0.15, 0.2) is 11.4 Å². The first-order valence-electron chi connectivity index (χ1n) is 7.41. The van der Waals surface area contributed by atoms with Gasteiger partial charge in [0.15, 0.2) is 0 Å². The van der Waals surface area contributed by atoms with Crippen molar-refractivity contribution in [3.63, 3.8) is 0 Å². The number of anilines is 1. The van der Waals surface area contributed by atoms with Gasteiger partial charge in [-0.25, -0.2) is 9.97 Å². The molecule has 2 rings (SSSR count). The minimum Gasteiger partial charge on any atom is -0.370 e. The molecule has 2 aromatic rings. The number of aromatic nitrogens is 2. The molecule has 0 spiro atoms. The van der Waals surface area contributed by atoms with Crippen molar-refractivity contribution >= 4 is 27.4 Å². The maximum absolute atomic E-state index is 4.71. The lowest BCUT2D eigenvalue weighted by Gasteiger charge is -2.26. The van der Waals surface area contributed by atoms with Gasteiger partial charge in [-0.15, -0.1) is 11.3 Å². The summed E-state index contributed by atoms with van der Waals surface area (Å²) in [6.45, 7) is 11.5. The van der Waals surface area contributed by atoms with Crippen LogP contribution in [0, 0.1) is 0 Å². The quantitative estimate of drug-likeness (QED) is 0.844. The second kappa shape index (κ2) is 6.99. The molecular formula is C15H24N4S. The van der Waals surface area contributed by atoms with Crippen molar-refractivity contribution in [1.82, 2.24) is 14.9 Å². The topological polar surface area (TPSA) is 41.1 Å². The normalized spacial score (nSPS) is 13.1. The molecule has 1 N–H and O–H groups in total. The predicted molar refractivity (Wildman–Crippen MR) is 87.4 cm³/mol. The monoisotopic (exact) mass is 292 g/mol. The summed E-state index contributed by atoms with van der Waals surface area (Å²) in [6.07, 6.45) is 1.15. The largest absolute Gasteiger partial charge is 0.370 e. The molecule has 0 amide bonds. The molecule has 0 aliphatic heterocycles. The second-order valence-electron chi connectivity index (χ2n) is 4.98. The highest BCUT2D eigenvalue weighted by molar-refractivity contribution is 7.16. The number of hydrogen-bond donors (Lipinski definition) is 1. The molecule has 1 atom stereocenters. The summed E-state index contributed by atoms with van der Waals surface area (Å²) in [7, 11) is 0. The van der Waals surface area contributed by atoms with Gasteiger partial charge in [-0.1, -0.05) is 13.8 Å². The third kappa shape index (κ3) is 3.27. The lowest BCUT2D eigenvalue weighted by Crippen LogP contribution is -2.32. The van der Waals surface area contributed by atoms with Gasteiger partial charge >= 0.3 is 0 Å². The third-order valence-corrected chi connectivity index (χ3v) is 4.49. The van der Waals surface area contributed by atoms with Gasteiger partial charge < -0.3 is 5.32 Å². The molecule has 110 valence electrons. The molecule has 0 aliphatic carbocycles. The van der Waals surface area contributed by atoms with Crippen LogP contribution in [0.1, 0.15) is 39.9 Å². The van der Waals surface area contributed by atoms with Crippen molar-refractivity contribution in [2.75, 3.05) is 18.4 Å². The Labute approximate surface area is 125 Å². The van der Waals surface area contributed by atoms with Gasteiger partial charge in [0.25, 0.3) is 0 Å². The molecule has 0 saturated heterocycles. The highest BCUT2D eigenvalue weighted by atomic mass is 32.1. The van der Waals surface area contributed by atoms with Gasteiger partial charge in [0.1, 0.15) is 16.5 Å². The van der Waals surface area contributed by atoms with Crippen LogP contribution in [0.25, 0.3) is 10.2 Å². The fourth-order valence-electron chi connectivity index (χ4n) is 2.29. The number of hydrogen-bond acceptors (Lipinski definition) is 5. The number of nitrogens with zero attached hydrogens (tertiary/aromatic N) is 3. The van der Waals surface area contributed by atoms with Crippen molar-refractivity contribution < 1.29 is 0 Å². The number of nitrogens with one attached hydrogen (secondary N) is 1. The van der Waals surface area contributed by atoms with E-state index in [0.717, 1.165) is 47.9 Å². The summed E-state index contributed by atoms with van der Waals surface area (Å²) in [5, 5.41) is 6.56. The molecule has 2 heterocycles. The van der Waals surface area contributed by atoms with Crippen LogP contribution in [0.5, 0.6) is 0 Å². The van der Waals surface area contributed by atoms with Crippen molar-refractivity contribution in [1.29, 1.82) is 0 Å². The number of thiophene rings is 1. The predicted octanol–water partition coefficient (Wildman–Crippen LogP) is 3.74. The van der Waals surface area contributed by atoms with Gasteiger partial charge in [-0.05, 0) is 38.3 Å². The van der Waals surface area contributed by atoms with Gasteiger partial charge in [0.2, 0.25) is 0 Å². The molecule has 5 heteroatoms. The van der Waals surface area contributed by atoms with E-state index >= 15 is 0 Å². The molecule has 0 radical (unpaired) electrons. The molecular weight excluding hydrogens is 268 g/mol. The van der Waals surface area contributed by atoms with E-state index in [-0.39, 0.29) is 0 Å². The van der Waals surface area contributed by atoms with Crippen LogP contribution in [0.4, 0.5) is 5.82 Å². The molecule has 0 fully saturated rings. The Balaban J connectivity index is 2.29. The average Bonchev–Trinajstić information content (AvgIpc) is 2.92. The van der Waals surface area contributed by atoms with Gasteiger partial charge in [-0.3, -0.25) is 4.90 Å². The Kier molecular flexibility index (Phi) is 5.31. The summed E-state index contributed by atoms with van der Waals surface area (Å²) in [4.78, 5) is 12.9. The Morgan fingerprint density at radius 1 is 1.30 bits per heavy atom. The van der Waals surface area contributed by atoms with Crippen LogP contribution in [-0.4, -0.2) is 34.0 Å². The first-order valence-corrected chi connectivity index (χ1v) is 8.29. The highest BCUT2D eigenvalue weighted by Gasteiger charge is 2.14. The van der Waals surface area contributed by atoms with E-state index in [1.165, 1.54) is 0 Å². The molecule has 4 nitrogen and oxygen atoms in total. The molecule has 0 bridgehead atoms. The van der Waals surface area contributed by atoms with E-state index < -0.39 is 0 Å². The fraction of sp³-hybridized carbons (Fsp3) is 0.600. The lowest BCUT2D eigenvalue weighted by atomic mass is 10.2. The third-order valence-electron chi connectivity index (χ3n) is 3.68. The Morgan fingerprint density at radius 2 is 2.10 bits per heavy atom. The maximum atomic E-state index is 4.71. The minimum atomic E-state index is 0.560. The molecule has 0 aromatic carbocycles. The summed E-state index contributed by atoms with van der Waals surface area (Å²) in [5.74, 6) is 1.88. The number of rotatable bonds is 7. The highest BCUT2D eigenvalue weighted by Crippen LogP contribution is 2.25.